The topological polar surface area (TPSA) is 42.2 Å². The number of hydrogen-bond acceptors (Lipinski definition) is 2. The van der Waals surface area contributed by atoms with E-state index < -0.39 is 23.8 Å². The zero-order chi connectivity index (χ0) is 21.1. The Balaban J connectivity index is 1.74. The summed E-state index contributed by atoms with van der Waals surface area (Å²) in [6.07, 6.45) is -1.99. The molecular weight excluding hydrogens is 395 g/mol. The van der Waals surface area contributed by atoms with Crippen molar-refractivity contribution in [1.29, 1.82) is 0 Å². The third-order valence-corrected chi connectivity index (χ3v) is 3.90. The van der Waals surface area contributed by atoms with Gasteiger partial charge in [0.05, 0.1) is 0 Å². The van der Waals surface area contributed by atoms with Gasteiger partial charge in [-0.1, -0.05) is 47.1 Å². The molecule has 150 valence electrons. The molecule has 0 saturated heterocycles. The number of carbonyl (C=O) groups excluding carboxylic acids is 1. The van der Waals surface area contributed by atoms with Crippen LogP contribution >= 0.6 is 0 Å². The number of amides is 1. The fourth-order valence-corrected chi connectivity index (χ4v) is 2.51. The minimum atomic E-state index is -4.80. The van der Waals surface area contributed by atoms with E-state index in [4.69, 9.17) is 0 Å². The molecule has 3 rings (SSSR count). The maximum absolute atomic E-state index is 14.4. The van der Waals surface area contributed by atoms with Crippen molar-refractivity contribution in [2.24, 2.45) is 0 Å². The summed E-state index contributed by atoms with van der Waals surface area (Å²) in [5.74, 6) is -5.68. The van der Waals surface area contributed by atoms with Gasteiger partial charge >= 0.3 is 18.2 Å². The van der Waals surface area contributed by atoms with E-state index in [1.54, 1.807) is 18.2 Å². The van der Waals surface area contributed by atoms with Gasteiger partial charge in [-0.2, -0.15) is 8.78 Å². The van der Waals surface area contributed by atoms with E-state index in [9.17, 15) is 26.7 Å². The summed E-state index contributed by atoms with van der Waals surface area (Å²) in [6.45, 7) is 0. The van der Waals surface area contributed by atoms with Gasteiger partial charge in [-0.25, -0.2) is 0 Å². The van der Waals surface area contributed by atoms with Gasteiger partial charge in [0.25, 0.3) is 0 Å². The number of rotatable bonds is 5. The molecule has 1 aromatic heterocycles. The van der Waals surface area contributed by atoms with Crippen LogP contribution < -0.4 is 14.8 Å². The number of benzene rings is 2. The molecule has 0 aliphatic rings. The van der Waals surface area contributed by atoms with Gasteiger partial charge in [-0.3, -0.25) is 4.79 Å². The van der Waals surface area contributed by atoms with E-state index in [1.807, 2.05) is 0 Å². The van der Waals surface area contributed by atoms with Gasteiger partial charge in [-0.15, -0.1) is 18.6 Å². The quantitative estimate of drug-likeness (QED) is 0.501. The Kier molecular flexibility index (Phi) is 5.49. The predicted octanol–water partition coefficient (Wildman–Crippen LogP) is 4.40. The molecule has 29 heavy (non-hydrogen) atoms. The van der Waals surface area contributed by atoms with Crippen LogP contribution in [0.4, 0.5) is 22.0 Å². The maximum Gasteiger partial charge on any atom is 0.573 e. The zero-order valence-electron chi connectivity index (χ0n) is 14.7. The highest BCUT2D eigenvalue weighted by Gasteiger charge is 2.43. The minimum absolute atomic E-state index is 0.389. The van der Waals surface area contributed by atoms with Crippen LogP contribution in [-0.4, -0.2) is 12.3 Å². The highest BCUT2D eigenvalue weighted by Crippen LogP contribution is 2.31. The number of nitrogens with zero attached hydrogens (tertiary/aromatic N) is 1. The Morgan fingerprint density at radius 1 is 0.793 bits per heavy atom. The summed E-state index contributed by atoms with van der Waals surface area (Å²) in [5, 5.41) is 0. The summed E-state index contributed by atoms with van der Waals surface area (Å²) in [5.41, 5.74) is 2.54. The molecule has 9 heteroatoms. The molecule has 1 amide bonds. The molecule has 1 heterocycles. The van der Waals surface area contributed by atoms with Crippen LogP contribution in [-0.2, 0) is 10.7 Å². The smallest absolute Gasteiger partial charge is 0.406 e. The van der Waals surface area contributed by atoms with Crippen LogP contribution in [0, 0.1) is 0 Å². The number of hydrogen-bond donors (Lipinski definition) is 1. The van der Waals surface area contributed by atoms with Gasteiger partial charge in [0.15, 0.2) is 12.4 Å². The van der Waals surface area contributed by atoms with Crippen molar-refractivity contribution in [3.8, 4) is 16.9 Å². The van der Waals surface area contributed by atoms with E-state index in [0.717, 1.165) is 28.9 Å². The summed E-state index contributed by atoms with van der Waals surface area (Å²) in [6, 6.07) is 14.7. The second-order valence-corrected chi connectivity index (χ2v) is 5.95. The molecule has 2 aromatic carbocycles. The molecule has 0 aliphatic carbocycles. The SMILES string of the molecule is O=C(N[n+]1ccccc1)C(F)(F)c1ccc(-c2ccc(OC(F)(F)F)cc2)cc1. The second-order valence-electron chi connectivity index (χ2n) is 5.95. The molecule has 0 atom stereocenters. The summed E-state index contributed by atoms with van der Waals surface area (Å²) in [7, 11) is 0. The number of pyridine rings is 1. The lowest BCUT2D eigenvalue weighted by atomic mass is 10.0. The lowest BCUT2D eigenvalue weighted by Gasteiger charge is -2.14. The van der Waals surface area contributed by atoms with Crippen LogP contribution in [0.15, 0.2) is 79.1 Å². The van der Waals surface area contributed by atoms with E-state index in [-0.39, 0.29) is 5.75 Å². The van der Waals surface area contributed by atoms with Gasteiger partial charge < -0.3 is 4.74 Å². The van der Waals surface area contributed by atoms with Crippen molar-refractivity contribution in [3.63, 3.8) is 0 Å². The maximum atomic E-state index is 14.4. The standard InChI is InChI=1S/C20H13F5N2O2/c21-19(22,18(28)26-27-12-2-1-3-13-27)16-8-4-14(5-9-16)15-6-10-17(11-7-15)29-20(23,24)25/h1-13H/p+1. The molecule has 0 fully saturated rings. The number of aromatic nitrogens is 1. The number of carbonyl (C=O) groups is 1. The molecule has 0 aliphatic heterocycles. The molecule has 0 bridgehead atoms. The monoisotopic (exact) mass is 409 g/mol. The Hall–Kier alpha value is -3.49. The van der Waals surface area contributed by atoms with Crippen LogP contribution in [0.5, 0.6) is 5.75 Å². The van der Waals surface area contributed by atoms with Crippen molar-refractivity contribution in [3.05, 3.63) is 84.7 Å². The molecule has 0 spiro atoms. The predicted molar refractivity (Wildman–Crippen MR) is 93.5 cm³/mol. The number of ether oxygens (including phenoxy) is 1. The van der Waals surface area contributed by atoms with E-state index in [1.165, 1.54) is 36.7 Å². The van der Waals surface area contributed by atoms with Crippen LogP contribution in [0.2, 0.25) is 0 Å². The first-order valence-electron chi connectivity index (χ1n) is 8.27. The molecule has 0 saturated carbocycles. The van der Waals surface area contributed by atoms with Crippen molar-refractivity contribution in [2.75, 3.05) is 5.43 Å². The minimum Gasteiger partial charge on any atom is -0.406 e. The van der Waals surface area contributed by atoms with Crippen LogP contribution in [0.25, 0.3) is 11.1 Å². The lowest BCUT2D eigenvalue weighted by molar-refractivity contribution is -0.643. The van der Waals surface area contributed by atoms with Gasteiger partial charge in [0, 0.05) is 17.7 Å². The number of halogens is 5. The van der Waals surface area contributed by atoms with E-state index in [0.29, 0.717) is 11.1 Å². The fraction of sp³-hybridized carbons (Fsp3) is 0.100. The fourth-order valence-electron chi connectivity index (χ4n) is 2.51. The summed E-state index contributed by atoms with van der Waals surface area (Å²) < 4.78 is 70.3. The Labute approximate surface area is 162 Å². The number of nitrogens with one attached hydrogen (secondary N) is 1. The van der Waals surface area contributed by atoms with Crippen molar-refractivity contribution in [1.82, 2.24) is 0 Å². The largest absolute Gasteiger partial charge is 0.573 e. The molecule has 3 aromatic rings. The first-order valence-corrected chi connectivity index (χ1v) is 8.27. The molecule has 4 nitrogen and oxygen atoms in total. The average molecular weight is 409 g/mol. The van der Waals surface area contributed by atoms with Gasteiger partial charge in [0.2, 0.25) is 0 Å². The van der Waals surface area contributed by atoms with Crippen molar-refractivity contribution in [2.45, 2.75) is 12.3 Å². The van der Waals surface area contributed by atoms with Crippen LogP contribution in [0.1, 0.15) is 5.56 Å². The van der Waals surface area contributed by atoms with Crippen LogP contribution in [0.3, 0.4) is 0 Å². The average Bonchev–Trinajstić information content (AvgIpc) is 2.68. The van der Waals surface area contributed by atoms with Crippen molar-refractivity contribution < 1.29 is 36.2 Å². The molecule has 0 radical (unpaired) electrons. The third-order valence-electron chi connectivity index (χ3n) is 3.90. The number of alkyl halides is 5. The normalized spacial score (nSPS) is 11.8. The first kappa shape index (κ1) is 20.2. The Morgan fingerprint density at radius 3 is 1.83 bits per heavy atom. The summed E-state index contributed by atoms with van der Waals surface area (Å²) in [4.78, 5) is 12.0. The van der Waals surface area contributed by atoms with E-state index in [2.05, 4.69) is 10.2 Å². The highest BCUT2D eigenvalue weighted by molar-refractivity contribution is 5.90. The molecule has 0 unspecified atom stereocenters. The van der Waals surface area contributed by atoms with E-state index >= 15 is 0 Å². The Morgan fingerprint density at radius 2 is 1.31 bits per heavy atom. The molecule has 1 N–H and O–H groups in total. The highest BCUT2D eigenvalue weighted by atomic mass is 19.4. The Bertz CT molecular complexity index is 973. The zero-order valence-corrected chi connectivity index (χ0v) is 14.7. The van der Waals surface area contributed by atoms with Gasteiger partial charge in [-0.05, 0) is 23.3 Å². The first-order chi connectivity index (χ1) is 13.6. The second kappa shape index (κ2) is 7.86. The van der Waals surface area contributed by atoms with Gasteiger partial charge in [0.1, 0.15) is 5.75 Å². The third kappa shape index (κ3) is 5.07. The summed E-state index contributed by atoms with van der Waals surface area (Å²) >= 11 is 0. The lowest BCUT2D eigenvalue weighted by Crippen LogP contribution is -2.52. The molecular formula is C20H14F5N2O2+. The van der Waals surface area contributed by atoms with Crippen molar-refractivity contribution >= 4 is 5.91 Å².